The van der Waals surface area contributed by atoms with Gasteiger partial charge in [-0.05, 0) is 31.2 Å². The Balaban J connectivity index is 2.15. The molecule has 5 heteroatoms. The first kappa shape index (κ1) is 15.0. The van der Waals surface area contributed by atoms with Crippen molar-refractivity contribution < 1.29 is 18.7 Å². The number of rotatable bonds is 5. The van der Waals surface area contributed by atoms with Crippen molar-refractivity contribution in [3.63, 3.8) is 0 Å². The van der Waals surface area contributed by atoms with Crippen LogP contribution in [0.3, 0.4) is 0 Å². The van der Waals surface area contributed by atoms with Crippen molar-refractivity contribution >= 4 is 5.91 Å². The summed E-state index contributed by atoms with van der Waals surface area (Å²) in [5, 5.41) is 0. The van der Waals surface area contributed by atoms with Crippen molar-refractivity contribution in [2.45, 2.75) is 13.5 Å². The molecule has 0 N–H and O–H groups in total. The third-order valence-corrected chi connectivity index (χ3v) is 3.20. The summed E-state index contributed by atoms with van der Waals surface area (Å²) in [6, 6.07) is 8.97. The Morgan fingerprint density at radius 3 is 2.52 bits per heavy atom. The first-order valence-corrected chi connectivity index (χ1v) is 6.58. The van der Waals surface area contributed by atoms with Gasteiger partial charge in [0.05, 0.1) is 14.2 Å². The van der Waals surface area contributed by atoms with Gasteiger partial charge in [-0.25, -0.2) is 0 Å². The Morgan fingerprint density at radius 2 is 1.95 bits per heavy atom. The minimum atomic E-state index is -0.166. The average Bonchev–Trinajstić information content (AvgIpc) is 2.93. The second-order valence-electron chi connectivity index (χ2n) is 4.75. The molecule has 0 aliphatic heterocycles. The van der Waals surface area contributed by atoms with Crippen molar-refractivity contribution in [3.05, 3.63) is 47.4 Å². The quantitative estimate of drug-likeness (QED) is 0.849. The molecule has 0 saturated heterocycles. The van der Waals surface area contributed by atoms with Gasteiger partial charge in [0.15, 0.2) is 5.76 Å². The van der Waals surface area contributed by atoms with E-state index in [9.17, 15) is 4.79 Å². The highest BCUT2D eigenvalue weighted by Crippen LogP contribution is 2.25. The fraction of sp³-hybridized carbons (Fsp3) is 0.312. The molecule has 0 saturated carbocycles. The van der Waals surface area contributed by atoms with Crippen LogP contribution >= 0.6 is 0 Å². The fourth-order valence-corrected chi connectivity index (χ4v) is 2.05. The zero-order valence-electron chi connectivity index (χ0n) is 12.7. The van der Waals surface area contributed by atoms with Crippen LogP contribution in [0.15, 0.2) is 34.7 Å². The van der Waals surface area contributed by atoms with Gasteiger partial charge < -0.3 is 18.8 Å². The maximum Gasteiger partial charge on any atom is 0.289 e. The summed E-state index contributed by atoms with van der Waals surface area (Å²) in [6.45, 7) is 2.23. The topological polar surface area (TPSA) is 51.9 Å². The Morgan fingerprint density at radius 1 is 1.19 bits per heavy atom. The first-order valence-electron chi connectivity index (χ1n) is 6.58. The van der Waals surface area contributed by atoms with E-state index in [1.807, 2.05) is 19.1 Å². The molecule has 0 bridgehead atoms. The maximum absolute atomic E-state index is 12.3. The largest absolute Gasteiger partial charge is 0.497 e. The number of hydrogen-bond acceptors (Lipinski definition) is 4. The Labute approximate surface area is 124 Å². The van der Waals surface area contributed by atoms with E-state index >= 15 is 0 Å². The minimum absolute atomic E-state index is 0.166. The molecule has 2 aromatic rings. The number of carbonyl (C=O) groups excluding carboxylic acids is 1. The molecule has 0 radical (unpaired) electrons. The van der Waals surface area contributed by atoms with Crippen LogP contribution in [-0.2, 0) is 6.54 Å². The van der Waals surface area contributed by atoms with Crippen LogP contribution in [0.25, 0.3) is 0 Å². The lowest BCUT2D eigenvalue weighted by Crippen LogP contribution is -2.26. The molecule has 0 fully saturated rings. The van der Waals surface area contributed by atoms with Crippen molar-refractivity contribution in [1.82, 2.24) is 4.90 Å². The molecular weight excluding hydrogens is 270 g/mol. The van der Waals surface area contributed by atoms with E-state index in [4.69, 9.17) is 13.9 Å². The Bertz CT molecular complexity index is 633. The van der Waals surface area contributed by atoms with Gasteiger partial charge in [0.1, 0.15) is 17.3 Å². The van der Waals surface area contributed by atoms with Crippen LogP contribution in [0.2, 0.25) is 0 Å². The molecule has 1 amide bonds. The maximum atomic E-state index is 12.3. The predicted molar refractivity (Wildman–Crippen MR) is 78.8 cm³/mol. The second-order valence-corrected chi connectivity index (χ2v) is 4.75. The number of methoxy groups -OCH3 is 2. The van der Waals surface area contributed by atoms with E-state index in [0.717, 1.165) is 5.56 Å². The molecular formula is C16H19NO4. The summed E-state index contributed by atoms with van der Waals surface area (Å²) < 4.78 is 15.9. The summed E-state index contributed by atoms with van der Waals surface area (Å²) in [6.07, 6.45) is 0. The number of furan rings is 1. The van der Waals surface area contributed by atoms with Gasteiger partial charge in [0, 0.05) is 25.2 Å². The van der Waals surface area contributed by atoms with Crippen molar-refractivity contribution in [1.29, 1.82) is 0 Å². The van der Waals surface area contributed by atoms with Gasteiger partial charge in [-0.2, -0.15) is 0 Å². The zero-order chi connectivity index (χ0) is 15.4. The van der Waals surface area contributed by atoms with Crippen LogP contribution < -0.4 is 9.47 Å². The molecule has 1 aromatic carbocycles. The Hall–Kier alpha value is -2.43. The summed E-state index contributed by atoms with van der Waals surface area (Å²) in [5.74, 6) is 2.29. The smallest absolute Gasteiger partial charge is 0.289 e. The molecule has 112 valence electrons. The Kier molecular flexibility index (Phi) is 4.52. The lowest BCUT2D eigenvalue weighted by atomic mass is 10.1. The monoisotopic (exact) mass is 289 g/mol. The van der Waals surface area contributed by atoms with E-state index in [2.05, 4.69) is 0 Å². The predicted octanol–water partition coefficient (Wildman–Crippen LogP) is 2.88. The minimum Gasteiger partial charge on any atom is -0.497 e. The normalized spacial score (nSPS) is 10.3. The third-order valence-electron chi connectivity index (χ3n) is 3.20. The van der Waals surface area contributed by atoms with E-state index in [0.29, 0.717) is 29.6 Å². The molecule has 1 aromatic heterocycles. The number of nitrogens with zero attached hydrogens (tertiary/aromatic N) is 1. The summed E-state index contributed by atoms with van der Waals surface area (Å²) in [7, 11) is 4.92. The highest BCUT2D eigenvalue weighted by atomic mass is 16.5. The zero-order valence-corrected chi connectivity index (χ0v) is 12.7. The molecule has 0 aliphatic carbocycles. The van der Waals surface area contributed by atoms with Crippen molar-refractivity contribution in [2.24, 2.45) is 0 Å². The number of amides is 1. The summed E-state index contributed by atoms with van der Waals surface area (Å²) in [5.41, 5.74) is 0.900. The van der Waals surface area contributed by atoms with Crippen LogP contribution in [0, 0.1) is 6.92 Å². The molecule has 2 rings (SSSR count). The third kappa shape index (κ3) is 3.37. The molecule has 5 nitrogen and oxygen atoms in total. The fourth-order valence-electron chi connectivity index (χ4n) is 2.05. The van der Waals surface area contributed by atoms with Crippen molar-refractivity contribution in [3.8, 4) is 11.5 Å². The van der Waals surface area contributed by atoms with E-state index in [1.165, 1.54) is 0 Å². The van der Waals surface area contributed by atoms with Crippen LogP contribution in [-0.4, -0.2) is 32.1 Å². The lowest BCUT2D eigenvalue weighted by molar-refractivity contribution is 0.0751. The molecule has 0 aliphatic rings. The van der Waals surface area contributed by atoms with Gasteiger partial charge in [0.25, 0.3) is 5.91 Å². The van der Waals surface area contributed by atoms with Gasteiger partial charge >= 0.3 is 0 Å². The number of aryl methyl sites for hydroxylation is 1. The van der Waals surface area contributed by atoms with Crippen LogP contribution in [0.4, 0.5) is 0 Å². The number of carbonyl (C=O) groups is 1. The molecule has 0 atom stereocenters. The van der Waals surface area contributed by atoms with E-state index < -0.39 is 0 Å². The standard InChI is InChI=1S/C16H19NO4/c1-11-5-8-14(21-11)16(18)17(2)10-12-6-7-13(19-3)9-15(12)20-4/h5-9H,10H2,1-4H3. The summed E-state index contributed by atoms with van der Waals surface area (Å²) in [4.78, 5) is 13.8. The molecule has 0 unspecified atom stereocenters. The molecule has 0 spiro atoms. The van der Waals surface area contributed by atoms with Crippen LogP contribution in [0.1, 0.15) is 21.9 Å². The average molecular weight is 289 g/mol. The lowest BCUT2D eigenvalue weighted by Gasteiger charge is -2.18. The second kappa shape index (κ2) is 6.35. The van der Waals surface area contributed by atoms with E-state index in [-0.39, 0.29) is 5.91 Å². The first-order chi connectivity index (χ1) is 10.0. The highest BCUT2D eigenvalue weighted by molar-refractivity contribution is 5.91. The SMILES string of the molecule is COc1ccc(CN(C)C(=O)c2ccc(C)o2)c(OC)c1. The highest BCUT2D eigenvalue weighted by Gasteiger charge is 2.17. The van der Waals surface area contributed by atoms with Crippen molar-refractivity contribution in [2.75, 3.05) is 21.3 Å². The summed E-state index contributed by atoms with van der Waals surface area (Å²) >= 11 is 0. The van der Waals surface area contributed by atoms with Crippen LogP contribution in [0.5, 0.6) is 11.5 Å². The van der Waals surface area contributed by atoms with Gasteiger partial charge in [0.2, 0.25) is 0 Å². The molecule has 1 heterocycles. The molecule has 21 heavy (non-hydrogen) atoms. The van der Waals surface area contributed by atoms with Gasteiger partial charge in [-0.1, -0.05) is 0 Å². The van der Waals surface area contributed by atoms with Gasteiger partial charge in [-0.3, -0.25) is 4.79 Å². The van der Waals surface area contributed by atoms with Gasteiger partial charge in [-0.15, -0.1) is 0 Å². The number of hydrogen-bond donors (Lipinski definition) is 0. The van der Waals surface area contributed by atoms with E-state index in [1.54, 1.807) is 44.4 Å². The number of benzene rings is 1. The number of ether oxygens (including phenoxy) is 2.